The first kappa shape index (κ1) is 14.3. The Bertz CT molecular complexity index is 294. The highest BCUT2D eigenvalue weighted by atomic mass is 79.9. The molecule has 0 aromatic heterocycles. The molecule has 0 aliphatic carbocycles. The van der Waals surface area contributed by atoms with E-state index in [0.29, 0.717) is 32.8 Å². The van der Waals surface area contributed by atoms with Crippen molar-refractivity contribution in [3.63, 3.8) is 0 Å². The summed E-state index contributed by atoms with van der Waals surface area (Å²) in [4.78, 5) is 26.8. The standard InChI is InChI=1S/C11H19BrN2O3/c1-4-17-10(16)14-7-5-13(6-8-14)9(15)11(2,3)12/h4-8H2,1-3H3. The maximum atomic E-state index is 12.0. The quantitative estimate of drug-likeness (QED) is 0.726. The van der Waals surface area contributed by atoms with Gasteiger partial charge in [-0.15, -0.1) is 0 Å². The molecule has 6 heteroatoms. The summed E-state index contributed by atoms with van der Waals surface area (Å²) < 4.78 is 4.38. The van der Waals surface area contributed by atoms with Crippen LogP contribution in [-0.2, 0) is 9.53 Å². The minimum atomic E-state index is -0.543. The van der Waals surface area contributed by atoms with E-state index in [0.717, 1.165) is 0 Å². The zero-order valence-electron chi connectivity index (χ0n) is 10.5. The van der Waals surface area contributed by atoms with Crippen molar-refractivity contribution in [3.8, 4) is 0 Å². The van der Waals surface area contributed by atoms with Crippen LogP contribution >= 0.6 is 15.9 Å². The van der Waals surface area contributed by atoms with Crippen molar-refractivity contribution in [2.45, 2.75) is 25.1 Å². The SMILES string of the molecule is CCOC(=O)N1CCN(C(=O)C(C)(C)Br)CC1. The number of hydrogen-bond acceptors (Lipinski definition) is 3. The van der Waals surface area contributed by atoms with Crippen molar-refractivity contribution in [3.05, 3.63) is 0 Å². The molecule has 0 N–H and O–H groups in total. The molecule has 0 aromatic carbocycles. The Labute approximate surface area is 110 Å². The minimum Gasteiger partial charge on any atom is -0.450 e. The second-order valence-electron chi connectivity index (χ2n) is 4.45. The molecular weight excluding hydrogens is 288 g/mol. The first-order valence-corrected chi connectivity index (χ1v) is 6.55. The molecule has 17 heavy (non-hydrogen) atoms. The number of piperazine rings is 1. The van der Waals surface area contributed by atoms with Crippen molar-refractivity contribution >= 4 is 27.9 Å². The zero-order valence-corrected chi connectivity index (χ0v) is 12.1. The van der Waals surface area contributed by atoms with Crippen LogP contribution in [0.2, 0.25) is 0 Å². The number of carbonyl (C=O) groups excluding carboxylic acids is 2. The van der Waals surface area contributed by atoms with Gasteiger partial charge in [0.15, 0.2) is 0 Å². The van der Waals surface area contributed by atoms with Crippen LogP contribution in [0.25, 0.3) is 0 Å². The van der Waals surface area contributed by atoms with E-state index in [9.17, 15) is 9.59 Å². The summed E-state index contributed by atoms with van der Waals surface area (Å²) in [7, 11) is 0. The number of carbonyl (C=O) groups is 2. The maximum Gasteiger partial charge on any atom is 0.409 e. The normalized spacial score (nSPS) is 16.9. The maximum absolute atomic E-state index is 12.0. The summed E-state index contributed by atoms with van der Waals surface area (Å²) in [6.07, 6.45) is -0.294. The number of halogens is 1. The van der Waals surface area contributed by atoms with Crippen molar-refractivity contribution in [1.82, 2.24) is 9.80 Å². The molecule has 1 aliphatic rings. The summed E-state index contributed by atoms with van der Waals surface area (Å²) >= 11 is 3.35. The van der Waals surface area contributed by atoms with Gasteiger partial charge in [-0.25, -0.2) is 4.79 Å². The molecule has 5 nitrogen and oxygen atoms in total. The molecule has 0 bridgehead atoms. The molecular formula is C11H19BrN2O3. The Morgan fingerprint density at radius 2 is 1.65 bits per heavy atom. The van der Waals surface area contributed by atoms with Gasteiger partial charge in [0.2, 0.25) is 5.91 Å². The molecule has 1 fully saturated rings. The van der Waals surface area contributed by atoms with Gasteiger partial charge in [-0.2, -0.15) is 0 Å². The third-order valence-electron chi connectivity index (χ3n) is 2.60. The summed E-state index contributed by atoms with van der Waals surface area (Å²) in [5.74, 6) is 0.0565. The summed E-state index contributed by atoms with van der Waals surface area (Å²) in [6, 6.07) is 0. The Morgan fingerprint density at radius 3 is 2.06 bits per heavy atom. The van der Waals surface area contributed by atoms with E-state index in [1.54, 1.807) is 16.7 Å². The van der Waals surface area contributed by atoms with Gasteiger partial charge < -0.3 is 14.5 Å². The van der Waals surface area contributed by atoms with Crippen molar-refractivity contribution in [2.24, 2.45) is 0 Å². The lowest BCUT2D eigenvalue weighted by molar-refractivity contribution is -0.134. The Morgan fingerprint density at radius 1 is 1.18 bits per heavy atom. The van der Waals surface area contributed by atoms with Crippen molar-refractivity contribution in [1.29, 1.82) is 0 Å². The van der Waals surface area contributed by atoms with Crippen LogP contribution in [0.1, 0.15) is 20.8 Å². The van der Waals surface area contributed by atoms with E-state index in [2.05, 4.69) is 15.9 Å². The van der Waals surface area contributed by atoms with Crippen molar-refractivity contribution in [2.75, 3.05) is 32.8 Å². The lowest BCUT2D eigenvalue weighted by Crippen LogP contribution is -2.53. The van der Waals surface area contributed by atoms with Crippen LogP contribution in [0.15, 0.2) is 0 Å². The van der Waals surface area contributed by atoms with Gasteiger partial charge >= 0.3 is 6.09 Å². The highest BCUT2D eigenvalue weighted by molar-refractivity contribution is 9.10. The van der Waals surface area contributed by atoms with Crippen molar-refractivity contribution < 1.29 is 14.3 Å². The highest BCUT2D eigenvalue weighted by Crippen LogP contribution is 2.20. The van der Waals surface area contributed by atoms with E-state index >= 15 is 0 Å². The molecule has 0 unspecified atom stereocenters. The van der Waals surface area contributed by atoms with Crippen LogP contribution in [-0.4, -0.2) is 58.9 Å². The molecule has 1 saturated heterocycles. The van der Waals surface area contributed by atoms with Crippen LogP contribution < -0.4 is 0 Å². The molecule has 0 radical (unpaired) electrons. The number of alkyl halides is 1. The molecule has 0 atom stereocenters. The van der Waals surface area contributed by atoms with E-state index in [4.69, 9.17) is 4.74 Å². The van der Waals surface area contributed by atoms with E-state index in [1.165, 1.54) is 0 Å². The van der Waals surface area contributed by atoms with Gasteiger partial charge in [0.05, 0.1) is 10.9 Å². The number of hydrogen-bond donors (Lipinski definition) is 0. The molecule has 0 aromatic rings. The molecule has 0 spiro atoms. The lowest BCUT2D eigenvalue weighted by atomic mass is 10.1. The van der Waals surface area contributed by atoms with E-state index in [1.807, 2.05) is 13.8 Å². The third-order valence-corrected chi connectivity index (χ3v) is 2.94. The zero-order chi connectivity index (χ0) is 13.1. The second-order valence-corrected chi connectivity index (χ2v) is 6.43. The second kappa shape index (κ2) is 5.71. The molecule has 1 heterocycles. The first-order valence-electron chi connectivity index (χ1n) is 5.76. The smallest absolute Gasteiger partial charge is 0.409 e. The van der Waals surface area contributed by atoms with Gasteiger partial charge in [0.25, 0.3) is 0 Å². The first-order chi connectivity index (χ1) is 7.86. The Balaban J connectivity index is 2.46. The van der Waals surface area contributed by atoms with Crippen LogP contribution in [0.4, 0.5) is 4.79 Å². The fourth-order valence-electron chi connectivity index (χ4n) is 1.68. The fraction of sp³-hybridized carbons (Fsp3) is 0.818. The Hall–Kier alpha value is -0.780. The number of rotatable bonds is 2. The number of nitrogens with zero attached hydrogens (tertiary/aromatic N) is 2. The predicted octanol–water partition coefficient (Wildman–Crippen LogP) is 1.46. The molecule has 1 rings (SSSR count). The van der Waals surface area contributed by atoms with Crippen LogP contribution in [0.5, 0.6) is 0 Å². The summed E-state index contributed by atoms with van der Waals surface area (Å²) in [5, 5.41) is 0. The Kier molecular flexibility index (Phi) is 4.80. The molecule has 0 saturated carbocycles. The number of amides is 2. The van der Waals surface area contributed by atoms with Gasteiger partial charge in [-0.1, -0.05) is 15.9 Å². The molecule has 98 valence electrons. The average molecular weight is 307 g/mol. The lowest BCUT2D eigenvalue weighted by Gasteiger charge is -2.36. The highest BCUT2D eigenvalue weighted by Gasteiger charge is 2.32. The van der Waals surface area contributed by atoms with Gasteiger partial charge in [0, 0.05) is 26.2 Å². The summed E-state index contributed by atoms with van der Waals surface area (Å²) in [5.41, 5.74) is 0. The average Bonchev–Trinajstić information content (AvgIpc) is 2.27. The van der Waals surface area contributed by atoms with E-state index in [-0.39, 0.29) is 12.0 Å². The van der Waals surface area contributed by atoms with Crippen LogP contribution in [0, 0.1) is 0 Å². The third kappa shape index (κ3) is 3.87. The van der Waals surface area contributed by atoms with Gasteiger partial charge in [0.1, 0.15) is 0 Å². The minimum absolute atomic E-state index is 0.0565. The fourth-order valence-corrected chi connectivity index (χ4v) is 1.93. The van der Waals surface area contributed by atoms with Gasteiger partial charge in [-0.3, -0.25) is 4.79 Å². The largest absolute Gasteiger partial charge is 0.450 e. The molecule has 2 amide bonds. The van der Waals surface area contributed by atoms with Gasteiger partial charge in [-0.05, 0) is 20.8 Å². The van der Waals surface area contributed by atoms with Crippen LogP contribution in [0.3, 0.4) is 0 Å². The number of ether oxygens (including phenoxy) is 1. The monoisotopic (exact) mass is 306 g/mol. The summed E-state index contributed by atoms with van der Waals surface area (Å²) in [6.45, 7) is 8.01. The van der Waals surface area contributed by atoms with E-state index < -0.39 is 4.32 Å². The predicted molar refractivity (Wildman–Crippen MR) is 68.2 cm³/mol. The topological polar surface area (TPSA) is 49.9 Å². The molecule has 1 aliphatic heterocycles.